The minimum Gasteiger partial charge on any atom is -0.508 e. The molecule has 1 N–H and O–H groups in total. The van der Waals surface area contributed by atoms with E-state index in [2.05, 4.69) is 4.90 Å². The smallest absolute Gasteiger partial charge is 0.253 e. The minimum atomic E-state index is -0.00869. The molecule has 166 valence electrons. The summed E-state index contributed by atoms with van der Waals surface area (Å²) in [7, 11) is 0. The summed E-state index contributed by atoms with van der Waals surface area (Å²) >= 11 is 0. The molecule has 33 heavy (non-hydrogen) atoms. The third-order valence-electron chi connectivity index (χ3n) is 6.16. The summed E-state index contributed by atoms with van der Waals surface area (Å²) in [6.45, 7) is 2.72. The van der Waals surface area contributed by atoms with Crippen molar-refractivity contribution in [3.63, 3.8) is 0 Å². The number of aliphatic hydroxyl groups is 1. The lowest BCUT2D eigenvalue weighted by Crippen LogP contribution is -2.48. The van der Waals surface area contributed by atoms with Crippen LogP contribution >= 0.6 is 0 Å². The van der Waals surface area contributed by atoms with E-state index in [0.29, 0.717) is 36.4 Å². The average molecular weight is 440 g/mol. The van der Waals surface area contributed by atoms with Crippen LogP contribution in [0.3, 0.4) is 0 Å². The summed E-state index contributed by atoms with van der Waals surface area (Å²) < 4.78 is 5.92. The van der Waals surface area contributed by atoms with Crippen LogP contribution in [0, 0.1) is 0 Å². The van der Waals surface area contributed by atoms with Gasteiger partial charge in [-0.2, -0.15) is 0 Å². The second kappa shape index (κ2) is 8.82. The number of aldehydes is 1. The monoisotopic (exact) mass is 440 g/mol. The van der Waals surface area contributed by atoms with Crippen LogP contribution in [-0.4, -0.2) is 48.4 Å². The Balaban J connectivity index is 1.24. The van der Waals surface area contributed by atoms with E-state index in [4.69, 9.17) is 4.74 Å². The molecule has 1 fully saturated rings. The van der Waals surface area contributed by atoms with E-state index in [1.165, 1.54) is 0 Å². The fourth-order valence-corrected chi connectivity index (χ4v) is 4.28. The number of amides is 1. The molecule has 0 spiro atoms. The molecule has 2 aliphatic rings. The lowest BCUT2D eigenvalue weighted by molar-refractivity contribution is 0.0746. The van der Waals surface area contributed by atoms with Crippen LogP contribution in [0.15, 0.2) is 78.6 Å². The highest BCUT2D eigenvalue weighted by Crippen LogP contribution is 2.33. The Morgan fingerprint density at radius 2 is 1.58 bits per heavy atom. The molecular weight excluding hydrogens is 416 g/mol. The van der Waals surface area contributed by atoms with Gasteiger partial charge >= 0.3 is 0 Å². The van der Waals surface area contributed by atoms with Gasteiger partial charge in [0.2, 0.25) is 0 Å². The van der Waals surface area contributed by atoms with Crippen LogP contribution in [0.25, 0.3) is 5.76 Å². The van der Waals surface area contributed by atoms with Crippen LogP contribution in [-0.2, 0) is 6.42 Å². The predicted molar refractivity (Wildman–Crippen MR) is 127 cm³/mol. The van der Waals surface area contributed by atoms with E-state index >= 15 is 0 Å². The van der Waals surface area contributed by atoms with E-state index in [-0.39, 0.29) is 11.7 Å². The first-order valence-corrected chi connectivity index (χ1v) is 11.0. The number of nitrogens with zero attached hydrogens (tertiary/aromatic N) is 2. The number of allylic oxidation sites excluding steroid dienone is 1. The summed E-state index contributed by atoms with van der Waals surface area (Å²) in [5, 5.41) is 10.5. The number of hydrogen-bond donors (Lipinski definition) is 1. The molecule has 5 rings (SSSR count). The molecule has 2 heterocycles. The Bertz CT molecular complexity index is 1210. The molecule has 3 aromatic rings. The number of benzene rings is 3. The second-order valence-corrected chi connectivity index (χ2v) is 8.23. The number of rotatable bonds is 4. The average Bonchev–Trinajstić information content (AvgIpc) is 2.88. The van der Waals surface area contributed by atoms with E-state index in [9.17, 15) is 14.7 Å². The zero-order valence-corrected chi connectivity index (χ0v) is 18.1. The first kappa shape index (κ1) is 20.8. The SMILES string of the molecule is O=Cc1ccc(N2CCN(C(=O)c3ccc(C4=C(O)Cc5ccccc5O4)cc3)CC2)cc1. The van der Waals surface area contributed by atoms with Crippen molar-refractivity contribution in [2.75, 3.05) is 31.1 Å². The van der Waals surface area contributed by atoms with E-state index in [1.54, 1.807) is 12.1 Å². The van der Waals surface area contributed by atoms with Crippen LogP contribution in [0.4, 0.5) is 5.69 Å². The van der Waals surface area contributed by atoms with Gasteiger partial charge in [0.15, 0.2) is 5.76 Å². The van der Waals surface area contributed by atoms with Gasteiger partial charge in [-0.3, -0.25) is 9.59 Å². The number of carbonyl (C=O) groups excluding carboxylic acids is 2. The summed E-state index contributed by atoms with van der Waals surface area (Å²) in [6, 6.07) is 22.3. The van der Waals surface area contributed by atoms with Gasteiger partial charge in [-0.15, -0.1) is 0 Å². The Morgan fingerprint density at radius 3 is 2.27 bits per heavy atom. The number of aliphatic hydroxyl groups excluding tert-OH is 1. The number of carbonyl (C=O) groups is 2. The molecule has 0 saturated carbocycles. The molecule has 1 saturated heterocycles. The molecule has 0 aliphatic carbocycles. The van der Waals surface area contributed by atoms with Gasteiger partial charge in [-0.05, 0) is 42.5 Å². The van der Waals surface area contributed by atoms with Crippen molar-refractivity contribution in [2.45, 2.75) is 6.42 Å². The number of para-hydroxylation sites is 1. The van der Waals surface area contributed by atoms with Gasteiger partial charge in [0.1, 0.15) is 17.8 Å². The third-order valence-corrected chi connectivity index (χ3v) is 6.16. The Morgan fingerprint density at radius 1 is 0.879 bits per heavy atom. The van der Waals surface area contributed by atoms with Crippen molar-refractivity contribution >= 4 is 23.6 Å². The Hall–Kier alpha value is -4.06. The summed E-state index contributed by atoms with van der Waals surface area (Å²) in [5.41, 5.74) is 4.01. The fraction of sp³-hybridized carbons (Fsp3) is 0.185. The van der Waals surface area contributed by atoms with Gasteiger partial charge in [-0.25, -0.2) is 0 Å². The molecule has 0 atom stereocenters. The highest BCUT2D eigenvalue weighted by atomic mass is 16.5. The highest BCUT2D eigenvalue weighted by molar-refractivity contribution is 5.94. The predicted octanol–water partition coefficient (Wildman–Crippen LogP) is 4.32. The van der Waals surface area contributed by atoms with Crippen molar-refractivity contribution in [2.24, 2.45) is 0 Å². The molecule has 1 amide bonds. The van der Waals surface area contributed by atoms with Gasteiger partial charge in [-0.1, -0.05) is 30.3 Å². The molecule has 0 aromatic heterocycles. The van der Waals surface area contributed by atoms with Crippen molar-refractivity contribution < 1.29 is 19.4 Å². The van der Waals surface area contributed by atoms with Gasteiger partial charge in [0.25, 0.3) is 5.91 Å². The number of hydrogen-bond acceptors (Lipinski definition) is 5. The summed E-state index contributed by atoms with van der Waals surface area (Å²) in [5.74, 6) is 1.35. The van der Waals surface area contributed by atoms with Crippen molar-refractivity contribution in [3.8, 4) is 5.75 Å². The van der Waals surface area contributed by atoms with Crippen molar-refractivity contribution in [1.82, 2.24) is 4.90 Å². The second-order valence-electron chi connectivity index (χ2n) is 8.23. The zero-order valence-electron chi connectivity index (χ0n) is 18.1. The molecule has 6 heteroatoms. The zero-order chi connectivity index (χ0) is 22.8. The molecule has 0 unspecified atom stereocenters. The van der Waals surface area contributed by atoms with Crippen molar-refractivity contribution in [1.29, 1.82) is 0 Å². The lowest BCUT2D eigenvalue weighted by atomic mass is 10.0. The molecular formula is C27H24N2O4. The Labute approximate surface area is 192 Å². The number of anilines is 1. The highest BCUT2D eigenvalue weighted by Gasteiger charge is 2.24. The standard InChI is InChI=1S/C27H24N2O4/c30-18-19-5-11-23(12-6-19)28-13-15-29(16-14-28)27(32)21-9-7-20(8-10-21)26-24(31)17-22-3-1-2-4-25(22)33-26/h1-12,18,31H,13-17H2. The van der Waals surface area contributed by atoms with E-state index in [1.807, 2.05) is 65.6 Å². The maximum atomic E-state index is 13.0. The van der Waals surface area contributed by atoms with Gasteiger partial charge in [0, 0.05) is 60.5 Å². The molecule has 6 nitrogen and oxygen atoms in total. The third kappa shape index (κ3) is 4.20. The molecule has 0 radical (unpaired) electrons. The van der Waals surface area contributed by atoms with Gasteiger partial charge < -0.3 is 19.6 Å². The van der Waals surface area contributed by atoms with Crippen LogP contribution < -0.4 is 9.64 Å². The van der Waals surface area contributed by atoms with Crippen LogP contribution in [0.1, 0.15) is 31.8 Å². The fourth-order valence-electron chi connectivity index (χ4n) is 4.28. The minimum absolute atomic E-state index is 0.00869. The van der Waals surface area contributed by atoms with Crippen LogP contribution in [0.2, 0.25) is 0 Å². The largest absolute Gasteiger partial charge is 0.508 e. The van der Waals surface area contributed by atoms with Crippen molar-refractivity contribution in [3.05, 3.63) is 101 Å². The number of piperazine rings is 1. The molecule has 3 aromatic carbocycles. The molecule has 0 bridgehead atoms. The Kier molecular flexibility index (Phi) is 5.57. The topological polar surface area (TPSA) is 70.1 Å². The first-order valence-electron chi connectivity index (χ1n) is 11.0. The number of fused-ring (bicyclic) bond motifs is 1. The summed E-state index contributed by atoms with van der Waals surface area (Å²) in [6.07, 6.45) is 1.26. The molecule has 2 aliphatic heterocycles. The van der Waals surface area contributed by atoms with Gasteiger partial charge in [0.05, 0.1) is 0 Å². The maximum absolute atomic E-state index is 13.0. The number of ether oxygens (including phenoxy) is 1. The quantitative estimate of drug-likeness (QED) is 0.612. The summed E-state index contributed by atoms with van der Waals surface area (Å²) in [4.78, 5) is 27.9. The van der Waals surface area contributed by atoms with E-state index in [0.717, 1.165) is 41.9 Å². The van der Waals surface area contributed by atoms with Crippen LogP contribution in [0.5, 0.6) is 5.75 Å². The lowest BCUT2D eigenvalue weighted by Gasteiger charge is -2.36. The van der Waals surface area contributed by atoms with E-state index < -0.39 is 0 Å². The maximum Gasteiger partial charge on any atom is 0.253 e. The first-order chi connectivity index (χ1) is 16.1. The normalized spacial score (nSPS) is 15.6.